The molecule has 0 bridgehead atoms. The van der Waals surface area contributed by atoms with E-state index in [0.29, 0.717) is 12.4 Å². The zero-order chi connectivity index (χ0) is 11.0. The van der Waals surface area contributed by atoms with Gasteiger partial charge in [0.25, 0.3) is 0 Å². The highest BCUT2D eigenvalue weighted by atomic mass is 35.5. The van der Waals surface area contributed by atoms with Crippen LogP contribution >= 0.6 is 11.6 Å². The van der Waals surface area contributed by atoms with Gasteiger partial charge in [0.15, 0.2) is 0 Å². The lowest BCUT2D eigenvalue weighted by molar-refractivity contribution is -0.123. The van der Waals surface area contributed by atoms with Gasteiger partial charge < -0.3 is 5.32 Å². The van der Waals surface area contributed by atoms with Crippen LogP contribution in [0.15, 0.2) is 0 Å². The average Bonchev–Trinajstić information content (AvgIpc) is 2.71. The predicted octanol–water partition coefficient (Wildman–Crippen LogP) is 2.41. The Balaban J connectivity index is 2.30. The van der Waals surface area contributed by atoms with Gasteiger partial charge in [-0.15, -0.1) is 11.6 Å². The van der Waals surface area contributed by atoms with Gasteiger partial charge in [-0.25, -0.2) is 0 Å². The summed E-state index contributed by atoms with van der Waals surface area (Å²) in [4.78, 5) is 11.6. The molecule has 14 heavy (non-hydrogen) atoms. The molecule has 2 nitrogen and oxygen atoms in total. The predicted molar refractivity (Wildman–Crippen MR) is 59.4 cm³/mol. The highest BCUT2D eigenvalue weighted by Gasteiger charge is 2.50. The summed E-state index contributed by atoms with van der Waals surface area (Å²) in [5.41, 5.74) is 0.214. The number of alkyl halides is 1. The molecule has 0 spiro atoms. The Morgan fingerprint density at radius 3 is 2.43 bits per heavy atom. The molecular weight excluding hydrogens is 198 g/mol. The molecule has 1 amide bonds. The summed E-state index contributed by atoms with van der Waals surface area (Å²) in [5, 5.41) is 2.97. The zero-order valence-electron chi connectivity index (χ0n) is 9.48. The van der Waals surface area contributed by atoms with Crippen LogP contribution in [0, 0.1) is 16.7 Å². The second-order valence-electron chi connectivity index (χ2n) is 5.76. The summed E-state index contributed by atoms with van der Waals surface area (Å²) in [7, 11) is 0. The van der Waals surface area contributed by atoms with Crippen LogP contribution in [-0.2, 0) is 4.79 Å². The van der Waals surface area contributed by atoms with E-state index < -0.39 is 0 Å². The Kier molecular flexibility index (Phi) is 3.15. The summed E-state index contributed by atoms with van der Waals surface area (Å²) in [5.74, 6) is 0.975. The highest BCUT2D eigenvalue weighted by Crippen LogP contribution is 2.51. The second kappa shape index (κ2) is 3.73. The van der Waals surface area contributed by atoms with Crippen molar-refractivity contribution in [1.29, 1.82) is 0 Å². The maximum absolute atomic E-state index is 11.6. The summed E-state index contributed by atoms with van der Waals surface area (Å²) < 4.78 is 0. The van der Waals surface area contributed by atoms with E-state index in [0.717, 1.165) is 6.42 Å². The van der Waals surface area contributed by atoms with Crippen LogP contribution in [0.25, 0.3) is 0 Å². The lowest BCUT2D eigenvalue weighted by atomic mass is 9.96. The minimum atomic E-state index is -0.00372. The minimum absolute atomic E-state index is 0.00372. The molecule has 0 radical (unpaired) electrons. The Morgan fingerprint density at radius 2 is 2.07 bits per heavy atom. The van der Waals surface area contributed by atoms with Gasteiger partial charge in [0.05, 0.1) is 0 Å². The van der Waals surface area contributed by atoms with Crippen LogP contribution in [0.4, 0.5) is 0 Å². The molecule has 0 heterocycles. The lowest BCUT2D eigenvalue weighted by Gasteiger charge is -2.21. The molecular formula is C11H20ClNO. The van der Waals surface area contributed by atoms with Crippen molar-refractivity contribution in [2.45, 2.75) is 34.1 Å². The number of hydrogen-bond acceptors (Lipinski definition) is 1. The molecule has 1 fully saturated rings. The first-order chi connectivity index (χ1) is 6.28. The summed E-state index contributed by atoms with van der Waals surface area (Å²) >= 11 is 5.78. The fourth-order valence-corrected chi connectivity index (χ4v) is 1.51. The fraction of sp³-hybridized carbons (Fsp3) is 0.909. The van der Waals surface area contributed by atoms with Crippen LogP contribution in [-0.4, -0.2) is 18.3 Å². The molecule has 3 heteroatoms. The van der Waals surface area contributed by atoms with Crippen molar-refractivity contribution in [3.05, 3.63) is 0 Å². The van der Waals surface area contributed by atoms with Gasteiger partial charge >= 0.3 is 0 Å². The molecule has 0 aromatic heterocycles. The summed E-state index contributed by atoms with van der Waals surface area (Å²) in [6, 6.07) is 0. The maximum Gasteiger partial charge on any atom is 0.223 e. The molecule has 1 atom stereocenters. The van der Waals surface area contributed by atoms with Crippen LogP contribution in [0.1, 0.15) is 34.1 Å². The van der Waals surface area contributed by atoms with Crippen molar-refractivity contribution in [2.75, 3.05) is 12.4 Å². The van der Waals surface area contributed by atoms with Crippen molar-refractivity contribution < 1.29 is 4.79 Å². The number of hydrogen-bond donors (Lipinski definition) is 1. The Morgan fingerprint density at radius 1 is 1.57 bits per heavy atom. The normalized spacial score (nSPS) is 24.5. The molecule has 0 aromatic carbocycles. The van der Waals surface area contributed by atoms with Gasteiger partial charge in [-0.3, -0.25) is 4.79 Å². The van der Waals surface area contributed by atoms with Crippen molar-refractivity contribution in [1.82, 2.24) is 5.32 Å². The quantitative estimate of drug-likeness (QED) is 0.720. The number of carbonyl (C=O) groups excluding carboxylic acids is 1. The van der Waals surface area contributed by atoms with E-state index in [2.05, 4.69) is 33.0 Å². The molecule has 1 rings (SSSR count). The van der Waals surface area contributed by atoms with Gasteiger partial charge in [0.2, 0.25) is 5.91 Å². The molecule has 1 saturated carbocycles. The molecule has 0 aromatic rings. The van der Waals surface area contributed by atoms with Crippen LogP contribution in [0.2, 0.25) is 0 Å². The van der Waals surface area contributed by atoms with Gasteiger partial charge in [-0.05, 0) is 17.3 Å². The molecule has 0 aliphatic heterocycles. The van der Waals surface area contributed by atoms with E-state index in [4.69, 9.17) is 11.6 Å². The largest absolute Gasteiger partial charge is 0.355 e. The smallest absolute Gasteiger partial charge is 0.223 e. The van der Waals surface area contributed by atoms with Crippen molar-refractivity contribution in [3.8, 4) is 0 Å². The average molecular weight is 218 g/mol. The van der Waals surface area contributed by atoms with Crippen molar-refractivity contribution in [2.24, 2.45) is 16.7 Å². The number of amides is 1. The first-order valence-electron chi connectivity index (χ1n) is 5.12. The maximum atomic E-state index is 11.6. The Hall–Kier alpha value is -0.240. The third-order valence-electron chi connectivity index (χ3n) is 2.93. The van der Waals surface area contributed by atoms with Gasteiger partial charge in [-0.1, -0.05) is 27.7 Å². The summed E-state index contributed by atoms with van der Waals surface area (Å²) in [6.45, 7) is 9.03. The zero-order valence-corrected chi connectivity index (χ0v) is 10.2. The number of nitrogens with one attached hydrogen (secondary N) is 1. The highest BCUT2D eigenvalue weighted by molar-refractivity contribution is 6.18. The molecule has 1 aliphatic carbocycles. The summed E-state index contributed by atoms with van der Waals surface area (Å²) in [6.07, 6.45) is 1.01. The second-order valence-corrected chi connectivity index (χ2v) is 6.03. The monoisotopic (exact) mass is 217 g/mol. The Labute approximate surface area is 91.4 Å². The lowest BCUT2D eigenvalue weighted by Crippen LogP contribution is -2.36. The third kappa shape index (κ3) is 2.88. The van der Waals surface area contributed by atoms with Gasteiger partial charge in [-0.2, -0.15) is 0 Å². The van der Waals surface area contributed by atoms with E-state index >= 15 is 0 Å². The SMILES string of the molecule is CC(C)(CCl)CNC(=O)C1CC1(C)C. The minimum Gasteiger partial charge on any atom is -0.355 e. The molecule has 82 valence electrons. The molecule has 1 aliphatic rings. The first-order valence-corrected chi connectivity index (χ1v) is 5.66. The topological polar surface area (TPSA) is 29.1 Å². The number of halogens is 1. The van der Waals surface area contributed by atoms with E-state index in [1.165, 1.54) is 0 Å². The number of carbonyl (C=O) groups is 1. The Bertz CT molecular complexity index is 235. The van der Waals surface area contributed by atoms with E-state index in [9.17, 15) is 4.79 Å². The fourth-order valence-electron chi connectivity index (χ4n) is 1.41. The number of rotatable bonds is 4. The van der Waals surface area contributed by atoms with Crippen molar-refractivity contribution in [3.63, 3.8) is 0 Å². The standard InChI is InChI=1S/C11H20ClNO/c1-10(2,6-12)7-13-9(14)8-5-11(8,3)4/h8H,5-7H2,1-4H3,(H,13,14). The van der Waals surface area contributed by atoms with Crippen LogP contribution in [0.5, 0.6) is 0 Å². The van der Waals surface area contributed by atoms with Crippen LogP contribution in [0.3, 0.4) is 0 Å². The van der Waals surface area contributed by atoms with E-state index in [1.54, 1.807) is 0 Å². The molecule has 0 saturated heterocycles. The van der Waals surface area contributed by atoms with Gasteiger partial charge in [0.1, 0.15) is 0 Å². The molecule has 1 N–H and O–H groups in total. The molecule has 1 unspecified atom stereocenters. The van der Waals surface area contributed by atoms with Crippen LogP contribution < -0.4 is 5.32 Å². The van der Waals surface area contributed by atoms with Gasteiger partial charge in [0, 0.05) is 18.3 Å². The van der Waals surface area contributed by atoms with Crippen molar-refractivity contribution >= 4 is 17.5 Å². The van der Waals surface area contributed by atoms with E-state index in [1.807, 2.05) is 0 Å². The first kappa shape index (κ1) is 11.8. The van der Waals surface area contributed by atoms with E-state index in [-0.39, 0.29) is 22.7 Å². The third-order valence-corrected chi connectivity index (χ3v) is 3.66.